The van der Waals surface area contributed by atoms with Crippen LogP contribution in [0.5, 0.6) is 0 Å². The van der Waals surface area contributed by atoms with Crippen LogP contribution < -0.4 is 15.4 Å². The standard InChI is InChI=1S/C31H32F2N4O3/c1-2-21-9-6-10-23(11-21)17-34-18-30(38)28(15-24-12-25(32)16-26(33)13-24)36-31(39)29-20-37(40)19-27(35-29)14-22-7-4-3-5-8-22/h3-13,16,19-20,28,30,34,38H,2,14-15,17-18H2,1H3,(H,36,39)/t28-,30+/m0/s1. The molecule has 1 heterocycles. The fourth-order valence-corrected chi connectivity index (χ4v) is 4.49. The SMILES string of the molecule is CCc1cccc(CNC[C@@H](O)[C@H](Cc2cc(F)cc(F)c2)NC(=O)c2c[n+]([O-])cc(Cc3ccccc3)n2)c1. The zero-order valence-electron chi connectivity index (χ0n) is 22.2. The maximum atomic E-state index is 13.9. The number of aryl methyl sites for hydroxylation is 1. The summed E-state index contributed by atoms with van der Waals surface area (Å²) in [5, 5.41) is 29.2. The molecule has 0 fully saturated rings. The maximum absolute atomic E-state index is 13.9. The molecule has 2 atom stereocenters. The van der Waals surface area contributed by atoms with Crippen LogP contribution in [0, 0.1) is 16.8 Å². The lowest BCUT2D eigenvalue weighted by atomic mass is 10.00. The van der Waals surface area contributed by atoms with Crippen LogP contribution in [-0.2, 0) is 25.8 Å². The van der Waals surface area contributed by atoms with Gasteiger partial charge in [0.1, 0.15) is 17.3 Å². The van der Waals surface area contributed by atoms with E-state index in [0.29, 0.717) is 23.4 Å². The zero-order chi connectivity index (χ0) is 28.5. The fraction of sp³-hybridized carbons (Fsp3) is 0.258. The summed E-state index contributed by atoms with van der Waals surface area (Å²) >= 11 is 0. The summed E-state index contributed by atoms with van der Waals surface area (Å²) in [5.41, 5.74) is 3.69. The van der Waals surface area contributed by atoms with Crippen LogP contribution in [0.3, 0.4) is 0 Å². The van der Waals surface area contributed by atoms with Gasteiger partial charge in [-0.15, -0.1) is 0 Å². The number of halogens is 2. The smallest absolute Gasteiger partial charge is 0.276 e. The van der Waals surface area contributed by atoms with Crippen LogP contribution in [0.4, 0.5) is 8.78 Å². The van der Waals surface area contributed by atoms with Crippen molar-refractivity contribution in [1.82, 2.24) is 15.6 Å². The molecule has 4 rings (SSSR count). The van der Waals surface area contributed by atoms with E-state index in [2.05, 4.69) is 28.6 Å². The third-order valence-corrected chi connectivity index (χ3v) is 6.49. The molecule has 1 amide bonds. The molecule has 4 aromatic rings. The van der Waals surface area contributed by atoms with Crippen molar-refractivity contribution in [2.45, 2.75) is 44.9 Å². The van der Waals surface area contributed by atoms with Crippen molar-refractivity contribution in [2.75, 3.05) is 6.54 Å². The molecule has 0 aliphatic heterocycles. The summed E-state index contributed by atoms with van der Waals surface area (Å²) in [6.07, 6.45) is 2.43. The van der Waals surface area contributed by atoms with Gasteiger partial charge in [0, 0.05) is 25.6 Å². The number of carbonyl (C=O) groups is 1. The topological polar surface area (TPSA) is 101 Å². The Hall–Kier alpha value is -4.21. The number of hydrogen-bond acceptors (Lipinski definition) is 5. The number of benzene rings is 3. The van der Waals surface area contributed by atoms with E-state index < -0.39 is 29.7 Å². The van der Waals surface area contributed by atoms with Gasteiger partial charge >= 0.3 is 0 Å². The van der Waals surface area contributed by atoms with E-state index in [-0.39, 0.29) is 24.2 Å². The Kier molecular flexibility index (Phi) is 9.88. The number of hydrogen-bond donors (Lipinski definition) is 3. The molecule has 7 nitrogen and oxygen atoms in total. The number of amides is 1. The van der Waals surface area contributed by atoms with E-state index in [1.165, 1.54) is 11.8 Å². The number of carbonyl (C=O) groups excluding carboxylic acids is 1. The Labute approximate surface area is 232 Å². The largest absolute Gasteiger partial charge is 0.619 e. The van der Waals surface area contributed by atoms with Gasteiger partial charge in [-0.25, -0.2) is 13.8 Å². The highest BCUT2D eigenvalue weighted by Crippen LogP contribution is 2.13. The molecule has 3 N–H and O–H groups in total. The van der Waals surface area contributed by atoms with Crippen LogP contribution in [0.1, 0.15) is 45.4 Å². The second-order valence-corrected chi connectivity index (χ2v) is 9.70. The highest BCUT2D eigenvalue weighted by Gasteiger charge is 2.25. The summed E-state index contributed by atoms with van der Waals surface area (Å²) in [5.74, 6) is -2.20. The van der Waals surface area contributed by atoms with Crippen LogP contribution in [0.15, 0.2) is 85.2 Å². The molecule has 0 unspecified atom stereocenters. The minimum atomic E-state index is -1.11. The van der Waals surface area contributed by atoms with Gasteiger partial charge < -0.3 is 20.9 Å². The van der Waals surface area contributed by atoms with Gasteiger partial charge in [-0.05, 0) is 47.2 Å². The Bertz CT molecular complexity index is 1420. The maximum Gasteiger partial charge on any atom is 0.276 e. The number of rotatable bonds is 12. The second kappa shape index (κ2) is 13.7. The van der Waals surface area contributed by atoms with E-state index in [9.17, 15) is 23.9 Å². The third kappa shape index (κ3) is 8.39. The minimum absolute atomic E-state index is 0.0460. The fourth-order valence-electron chi connectivity index (χ4n) is 4.49. The van der Waals surface area contributed by atoms with Gasteiger partial charge in [0.05, 0.1) is 12.1 Å². The van der Waals surface area contributed by atoms with E-state index >= 15 is 0 Å². The van der Waals surface area contributed by atoms with E-state index in [1.807, 2.05) is 48.5 Å². The highest BCUT2D eigenvalue weighted by atomic mass is 19.1. The van der Waals surface area contributed by atoms with Crippen molar-refractivity contribution in [2.24, 2.45) is 0 Å². The van der Waals surface area contributed by atoms with Crippen LogP contribution >= 0.6 is 0 Å². The predicted molar refractivity (Wildman–Crippen MR) is 147 cm³/mol. The summed E-state index contributed by atoms with van der Waals surface area (Å²) in [4.78, 5) is 17.5. The molecule has 40 heavy (non-hydrogen) atoms. The first-order valence-corrected chi connectivity index (χ1v) is 13.1. The molecule has 0 saturated heterocycles. The van der Waals surface area contributed by atoms with Crippen molar-refractivity contribution in [1.29, 1.82) is 0 Å². The van der Waals surface area contributed by atoms with Crippen molar-refractivity contribution in [3.8, 4) is 0 Å². The molecule has 0 radical (unpaired) electrons. The lowest BCUT2D eigenvalue weighted by Gasteiger charge is -2.25. The molecule has 0 saturated carbocycles. The monoisotopic (exact) mass is 546 g/mol. The Morgan fingerprint density at radius 1 is 0.950 bits per heavy atom. The van der Waals surface area contributed by atoms with Gasteiger partial charge in [-0.1, -0.05) is 61.5 Å². The normalized spacial score (nSPS) is 12.6. The molecule has 9 heteroatoms. The van der Waals surface area contributed by atoms with Crippen molar-refractivity contribution in [3.05, 3.63) is 136 Å². The number of aliphatic hydroxyl groups is 1. The molecule has 0 aliphatic carbocycles. The van der Waals surface area contributed by atoms with Gasteiger partial charge in [-0.2, -0.15) is 4.73 Å². The average Bonchev–Trinajstić information content (AvgIpc) is 2.92. The third-order valence-electron chi connectivity index (χ3n) is 6.49. The number of nitrogens with zero attached hydrogens (tertiary/aromatic N) is 2. The summed E-state index contributed by atoms with van der Waals surface area (Å²) in [6.45, 7) is 2.65. The van der Waals surface area contributed by atoms with Gasteiger partial charge in [0.15, 0.2) is 5.69 Å². The van der Waals surface area contributed by atoms with Gasteiger partial charge in [0.25, 0.3) is 5.91 Å². The molecule has 3 aromatic carbocycles. The second-order valence-electron chi connectivity index (χ2n) is 9.70. The number of aliphatic hydroxyl groups excluding tert-OH is 1. The van der Waals surface area contributed by atoms with Crippen LogP contribution in [0.25, 0.3) is 0 Å². The Morgan fingerprint density at radius 3 is 2.38 bits per heavy atom. The zero-order valence-corrected chi connectivity index (χ0v) is 22.2. The number of aromatic nitrogens is 2. The first-order chi connectivity index (χ1) is 19.3. The van der Waals surface area contributed by atoms with Crippen molar-refractivity contribution >= 4 is 5.91 Å². The van der Waals surface area contributed by atoms with E-state index in [4.69, 9.17) is 0 Å². The van der Waals surface area contributed by atoms with Gasteiger partial charge in [0.2, 0.25) is 12.4 Å². The molecular formula is C31H32F2N4O3. The highest BCUT2D eigenvalue weighted by molar-refractivity contribution is 5.92. The Balaban J connectivity index is 1.49. The predicted octanol–water partition coefficient (Wildman–Crippen LogP) is 3.64. The molecule has 0 bridgehead atoms. The van der Waals surface area contributed by atoms with E-state index in [1.54, 1.807) is 0 Å². The van der Waals surface area contributed by atoms with Gasteiger partial charge in [-0.3, -0.25) is 4.79 Å². The molecule has 0 spiro atoms. The molecule has 208 valence electrons. The van der Waals surface area contributed by atoms with Crippen molar-refractivity contribution < 1.29 is 23.4 Å². The molecule has 0 aliphatic rings. The quantitative estimate of drug-likeness (QED) is 0.186. The Morgan fingerprint density at radius 2 is 1.65 bits per heavy atom. The lowest BCUT2D eigenvalue weighted by molar-refractivity contribution is -0.606. The van der Waals surface area contributed by atoms with Crippen LogP contribution in [-0.4, -0.2) is 34.7 Å². The summed E-state index contributed by atoms with van der Waals surface area (Å²) < 4.78 is 28.3. The van der Waals surface area contributed by atoms with E-state index in [0.717, 1.165) is 41.9 Å². The first-order valence-electron chi connectivity index (χ1n) is 13.1. The van der Waals surface area contributed by atoms with Crippen molar-refractivity contribution in [3.63, 3.8) is 0 Å². The number of nitrogens with one attached hydrogen (secondary N) is 2. The molecule has 1 aromatic heterocycles. The summed E-state index contributed by atoms with van der Waals surface area (Å²) in [7, 11) is 0. The summed E-state index contributed by atoms with van der Waals surface area (Å²) in [6, 6.07) is 19.6. The first kappa shape index (κ1) is 28.8. The van der Waals surface area contributed by atoms with Crippen LogP contribution in [0.2, 0.25) is 0 Å². The minimum Gasteiger partial charge on any atom is -0.619 e. The average molecular weight is 547 g/mol. The molecular weight excluding hydrogens is 514 g/mol. The lowest BCUT2D eigenvalue weighted by Crippen LogP contribution is -2.49.